The van der Waals surface area contributed by atoms with Crippen molar-refractivity contribution in [3.05, 3.63) is 58.9 Å². The van der Waals surface area contributed by atoms with Gasteiger partial charge in [-0.05, 0) is 30.3 Å². The Kier molecular flexibility index (Phi) is 6.62. The first-order valence-electron chi connectivity index (χ1n) is 7.58. The fraction of sp³-hybridized carbons (Fsp3) is 0.176. The summed E-state index contributed by atoms with van der Waals surface area (Å²) < 4.78 is 50.3. The number of rotatable bonds is 6. The van der Waals surface area contributed by atoms with Crippen molar-refractivity contribution in [1.82, 2.24) is 5.32 Å². The molecule has 10 heteroatoms. The monoisotopic (exact) mass is 403 g/mol. The van der Waals surface area contributed by atoms with Gasteiger partial charge in [0.15, 0.2) is 0 Å². The van der Waals surface area contributed by atoms with Crippen LogP contribution in [0.25, 0.3) is 0 Å². The summed E-state index contributed by atoms with van der Waals surface area (Å²) in [6.07, 6.45) is -4.54. The van der Waals surface area contributed by atoms with Crippen LogP contribution in [-0.4, -0.2) is 31.1 Å². The highest BCUT2D eigenvalue weighted by molar-refractivity contribution is 6.30. The lowest BCUT2D eigenvalue weighted by Crippen LogP contribution is -2.34. The Hall–Kier alpha value is -2.81. The Labute approximate surface area is 156 Å². The topological polar surface area (TPSA) is 70.2 Å². The van der Waals surface area contributed by atoms with Crippen LogP contribution in [0.5, 0.6) is 0 Å². The number of nitrogens with one attached hydrogen (secondary N) is 3. The second-order valence-electron chi connectivity index (χ2n) is 5.37. The molecule has 2 aromatic rings. The van der Waals surface area contributed by atoms with E-state index < -0.39 is 30.4 Å². The van der Waals surface area contributed by atoms with E-state index in [4.69, 9.17) is 11.6 Å². The van der Waals surface area contributed by atoms with Crippen LogP contribution in [0.15, 0.2) is 42.5 Å². The number of carbonyl (C=O) groups excluding carboxylic acids is 2. The van der Waals surface area contributed by atoms with Gasteiger partial charge in [-0.2, -0.15) is 13.2 Å². The molecule has 0 aliphatic carbocycles. The van der Waals surface area contributed by atoms with E-state index in [0.717, 1.165) is 6.07 Å². The van der Waals surface area contributed by atoms with Gasteiger partial charge >= 0.3 is 6.18 Å². The van der Waals surface area contributed by atoms with Crippen molar-refractivity contribution in [1.29, 1.82) is 0 Å². The van der Waals surface area contributed by atoms with Crippen LogP contribution < -0.4 is 16.0 Å². The third kappa shape index (κ3) is 6.45. The number of hydrogen-bond donors (Lipinski definition) is 3. The third-order valence-corrected chi connectivity index (χ3v) is 3.50. The standard InChI is InChI=1S/C17H14ClF4N3O2/c18-10-5-6-12(19)14(7-10)25-15(26)8-23-13-4-2-1-3-11(13)16(27)24-9-17(20,21)22/h1-7,23H,8-9H2,(H,24,27)(H,25,26). The Morgan fingerprint density at radius 1 is 1.04 bits per heavy atom. The molecule has 2 rings (SSSR count). The summed E-state index contributed by atoms with van der Waals surface area (Å²) >= 11 is 5.73. The van der Waals surface area contributed by atoms with Gasteiger partial charge in [-0.1, -0.05) is 23.7 Å². The third-order valence-electron chi connectivity index (χ3n) is 3.26. The highest BCUT2D eigenvalue weighted by atomic mass is 35.5. The van der Waals surface area contributed by atoms with Crippen LogP contribution in [0, 0.1) is 5.82 Å². The van der Waals surface area contributed by atoms with E-state index in [1.165, 1.54) is 36.4 Å². The first-order chi connectivity index (χ1) is 12.7. The van der Waals surface area contributed by atoms with Crippen LogP contribution in [0.3, 0.4) is 0 Å². The summed E-state index contributed by atoms with van der Waals surface area (Å²) in [5.41, 5.74) is -0.0344. The molecule has 0 saturated carbocycles. The molecule has 27 heavy (non-hydrogen) atoms. The predicted molar refractivity (Wildman–Crippen MR) is 93.4 cm³/mol. The molecule has 2 aromatic carbocycles. The lowest BCUT2D eigenvalue weighted by Gasteiger charge is -2.13. The van der Waals surface area contributed by atoms with Crippen molar-refractivity contribution in [3.8, 4) is 0 Å². The number of halogens is 5. The fourth-order valence-electron chi connectivity index (χ4n) is 2.07. The average Bonchev–Trinajstić information content (AvgIpc) is 2.60. The fourth-order valence-corrected chi connectivity index (χ4v) is 2.25. The van der Waals surface area contributed by atoms with Gasteiger partial charge in [-0.15, -0.1) is 0 Å². The maximum Gasteiger partial charge on any atom is 0.405 e. The van der Waals surface area contributed by atoms with Crippen molar-refractivity contribution in [2.24, 2.45) is 0 Å². The number of amides is 2. The molecule has 0 saturated heterocycles. The van der Waals surface area contributed by atoms with E-state index in [2.05, 4.69) is 10.6 Å². The van der Waals surface area contributed by atoms with Gasteiger partial charge < -0.3 is 16.0 Å². The van der Waals surface area contributed by atoms with Gasteiger partial charge in [0, 0.05) is 10.7 Å². The number of anilines is 2. The van der Waals surface area contributed by atoms with Crippen molar-refractivity contribution in [3.63, 3.8) is 0 Å². The Balaban J connectivity index is 2.00. The number of hydrogen-bond acceptors (Lipinski definition) is 3. The second kappa shape index (κ2) is 8.72. The highest BCUT2D eigenvalue weighted by Gasteiger charge is 2.28. The van der Waals surface area contributed by atoms with Crippen molar-refractivity contribution >= 4 is 34.8 Å². The van der Waals surface area contributed by atoms with Crippen LogP contribution >= 0.6 is 11.6 Å². The molecule has 0 radical (unpaired) electrons. The molecular weight excluding hydrogens is 390 g/mol. The van der Waals surface area contributed by atoms with Crippen LogP contribution in [0.4, 0.5) is 28.9 Å². The molecule has 2 amide bonds. The number of para-hydroxylation sites is 1. The molecular formula is C17H14ClF4N3O2. The highest BCUT2D eigenvalue weighted by Crippen LogP contribution is 2.20. The maximum absolute atomic E-state index is 13.6. The van der Waals surface area contributed by atoms with E-state index >= 15 is 0 Å². The number of benzene rings is 2. The molecule has 0 spiro atoms. The summed E-state index contributed by atoms with van der Waals surface area (Å²) in [7, 11) is 0. The first-order valence-corrected chi connectivity index (χ1v) is 7.96. The van der Waals surface area contributed by atoms with Crippen molar-refractivity contribution in [2.75, 3.05) is 23.7 Å². The van der Waals surface area contributed by atoms with E-state index in [0.29, 0.717) is 0 Å². The van der Waals surface area contributed by atoms with Crippen molar-refractivity contribution < 1.29 is 27.2 Å². The SMILES string of the molecule is O=C(CNc1ccccc1C(=O)NCC(F)(F)F)Nc1cc(Cl)ccc1F. The summed E-state index contributed by atoms with van der Waals surface area (Å²) in [4.78, 5) is 23.9. The molecule has 0 aliphatic heterocycles. The van der Waals surface area contributed by atoms with Gasteiger partial charge in [0.1, 0.15) is 12.4 Å². The molecule has 0 aliphatic rings. The minimum absolute atomic E-state index is 0.0662. The zero-order chi connectivity index (χ0) is 20.0. The van der Waals surface area contributed by atoms with E-state index in [-0.39, 0.29) is 28.5 Å². The summed E-state index contributed by atoms with van der Waals surface area (Å²) in [5.74, 6) is -2.27. The Morgan fingerprint density at radius 3 is 2.44 bits per heavy atom. The summed E-state index contributed by atoms with van der Waals surface area (Å²) in [6.45, 7) is -1.83. The van der Waals surface area contributed by atoms with E-state index in [1.54, 1.807) is 5.32 Å². The minimum Gasteiger partial charge on any atom is -0.376 e. The summed E-state index contributed by atoms with van der Waals surface area (Å²) in [6, 6.07) is 9.38. The zero-order valence-corrected chi connectivity index (χ0v) is 14.4. The molecule has 0 fully saturated rings. The van der Waals surface area contributed by atoms with Crippen LogP contribution in [0.1, 0.15) is 10.4 Å². The smallest absolute Gasteiger partial charge is 0.376 e. The molecule has 0 atom stereocenters. The van der Waals surface area contributed by atoms with Gasteiger partial charge in [0.05, 0.1) is 17.8 Å². The van der Waals surface area contributed by atoms with Crippen LogP contribution in [0.2, 0.25) is 5.02 Å². The second-order valence-corrected chi connectivity index (χ2v) is 5.81. The Bertz CT molecular complexity index is 843. The predicted octanol–water partition coefficient (Wildman–Crippen LogP) is 3.82. The normalized spacial score (nSPS) is 11.0. The molecule has 0 heterocycles. The summed E-state index contributed by atoms with van der Waals surface area (Å²) in [5, 5.41) is 6.92. The van der Waals surface area contributed by atoms with Crippen LogP contribution in [-0.2, 0) is 4.79 Å². The Morgan fingerprint density at radius 2 is 1.74 bits per heavy atom. The average molecular weight is 404 g/mol. The van der Waals surface area contributed by atoms with E-state index in [1.807, 2.05) is 0 Å². The molecule has 5 nitrogen and oxygen atoms in total. The number of carbonyl (C=O) groups is 2. The molecule has 0 aromatic heterocycles. The number of alkyl halides is 3. The van der Waals surface area contributed by atoms with Gasteiger partial charge in [0.25, 0.3) is 5.91 Å². The lowest BCUT2D eigenvalue weighted by molar-refractivity contribution is -0.123. The first kappa shape index (κ1) is 20.5. The largest absolute Gasteiger partial charge is 0.405 e. The van der Waals surface area contributed by atoms with Crippen molar-refractivity contribution in [2.45, 2.75) is 6.18 Å². The quantitative estimate of drug-likeness (QED) is 0.642. The lowest BCUT2D eigenvalue weighted by atomic mass is 10.1. The molecule has 3 N–H and O–H groups in total. The minimum atomic E-state index is -4.54. The zero-order valence-electron chi connectivity index (χ0n) is 13.7. The molecule has 0 unspecified atom stereocenters. The molecule has 144 valence electrons. The molecule has 0 bridgehead atoms. The van der Waals surface area contributed by atoms with Gasteiger partial charge in [0.2, 0.25) is 5.91 Å². The van der Waals surface area contributed by atoms with Gasteiger partial charge in [-0.3, -0.25) is 9.59 Å². The van der Waals surface area contributed by atoms with E-state index in [9.17, 15) is 27.2 Å². The van der Waals surface area contributed by atoms with Gasteiger partial charge in [-0.25, -0.2) is 4.39 Å². The maximum atomic E-state index is 13.6.